The number of likely N-dealkylation sites (tertiary alicyclic amines) is 1. The molecule has 1 saturated heterocycles. The third kappa shape index (κ3) is 3.05. The Labute approximate surface area is 109 Å². The van der Waals surface area contributed by atoms with E-state index in [1.54, 1.807) is 6.20 Å². The number of anilines is 2. The van der Waals surface area contributed by atoms with Crippen molar-refractivity contribution in [3.05, 3.63) is 10.7 Å². The predicted molar refractivity (Wildman–Crippen MR) is 71.7 cm³/mol. The Hall–Kier alpha value is -0.920. The molecule has 0 amide bonds. The van der Waals surface area contributed by atoms with Crippen LogP contribution in [-0.4, -0.2) is 41.0 Å². The molecule has 1 fully saturated rings. The molecule has 0 bridgehead atoms. The van der Waals surface area contributed by atoms with Crippen LogP contribution in [0.3, 0.4) is 0 Å². The summed E-state index contributed by atoms with van der Waals surface area (Å²) < 4.78 is 0.845. The van der Waals surface area contributed by atoms with Gasteiger partial charge in [0.1, 0.15) is 5.82 Å². The second kappa shape index (κ2) is 5.61. The molecule has 2 rings (SSSR count). The van der Waals surface area contributed by atoms with Crippen LogP contribution in [0.25, 0.3) is 0 Å². The maximum atomic E-state index is 5.28. The Morgan fingerprint density at radius 2 is 2.47 bits per heavy atom. The third-order valence-electron chi connectivity index (χ3n) is 3.05. The molecular formula is C10H17BrN6. The number of hydrogen-bond acceptors (Lipinski definition) is 6. The normalized spacial score (nSPS) is 20.5. The van der Waals surface area contributed by atoms with Crippen LogP contribution < -0.4 is 16.6 Å². The van der Waals surface area contributed by atoms with Gasteiger partial charge in [0.05, 0.1) is 4.47 Å². The van der Waals surface area contributed by atoms with Crippen molar-refractivity contribution in [1.29, 1.82) is 0 Å². The van der Waals surface area contributed by atoms with Crippen molar-refractivity contribution in [2.24, 2.45) is 5.84 Å². The summed E-state index contributed by atoms with van der Waals surface area (Å²) in [6, 6.07) is 0.575. The molecule has 0 aliphatic carbocycles. The Kier molecular flexibility index (Phi) is 4.14. The Balaban J connectivity index is 1.98. The van der Waals surface area contributed by atoms with Gasteiger partial charge in [-0.15, -0.1) is 0 Å². The van der Waals surface area contributed by atoms with Crippen molar-refractivity contribution in [1.82, 2.24) is 14.9 Å². The van der Waals surface area contributed by atoms with Crippen molar-refractivity contribution < 1.29 is 0 Å². The lowest BCUT2D eigenvalue weighted by Gasteiger charge is -2.20. The Bertz CT molecular complexity index is 385. The van der Waals surface area contributed by atoms with Crippen LogP contribution in [0.2, 0.25) is 0 Å². The molecule has 1 atom stereocenters. The summed E-state index contributed by atoms with van der Waals surface area (Å²) in [6.07, 6.45) is 4.18. The molecule has 2 heterocycles. The van der Waals surface area contributed by atoms with Gasteiger partial charge in [-0.05, 0) is 42.4 Å². The van der Waals surface area contributed by atoms with Crippen molar-refractivity contribution in [3.63, 3.8) is 0 Å². The fourth-order valence-electron chi connectivity index (χ4n) is 2.01. The quantitative estimate of drug-likeness (QED) is 0.569. The highest BCUT2D eigenvalue weighted by molar-refractivity contribution is 9.10. The molecule has 1 aromatic heterocycles. The highest BCUT2D eigenvalue weighted by Gasteiger charge is 2.20. The summed E-state index contributed by atoms with van der Waals surface area (Å²) in [5, 5.41) is 3.32. The first kappa shape index (κ1) is 12.5. The standard InChI is InChI=1S/C10H17BrN6/c1-17-4-2-3-7(17)5-13-9-8(11)6-14-10(15-9)16-12/h6-7H,2-5,12H2,1H3,(H2,13,14,15,16). The lowest BCUT2D eigenvalue weighted by atomic mass is 10.2. The minimum Gasteiger partial charge on any atom is -0.367 e. The molecule has 4 N–H and O–H groups in total. The smallest absolute Gasteiger partial charge is 0.239 e. The van der Waals surface area contributed by atoms with E-state index in [2.05, 4.69) is 48.6 Å². The van der Waals surface area contributed by atoms with E-state index in [0.29, 0.717) is 12.0 Å². The van der Waals surface area contributed by atoms with Crippen LogP contribution >= 0.6 is 15.9 Å². The molecule has 94 valence electrons. The van der Waals surface area contributed by atoms with Crippen molar-refractivity contribution in [2.75, 3.05) is 30.9 Å². The molecule has 0 spiro atoms. The molecule has 6 nitrogen and oxygen atoms in total. The van der Waals surface area contributed by atoms with Crippen LogP contribution in [0.15, 0.2) is 10.7 Å². The first-order valence-electron chi connectivity index (χ1n) is 5.64. The van der Waals surface area contributed by atoms with Gasteiger partial charge in [0.2, 0.25) is 5.95 Å². The molecule has 1 aliphatic rings. The molecule has 0 radical (unpaired) electrons. The fraction of sp³-hybridized carbons (Fsp3) is 0.600. The van der Waals surface area contributed by atoms with Crippen LogP contribution in [0.1, 0.15) is 12.8 Å². The van der Waals surface area contributed by atoms with Gasteiger partial charge in [-0.1, -0.05) is 0 Å². The van der Waals surface area contributed by atoms with Crippen molar-refractivity contribution >= 4 is 27.7 Å². The van der Waals surface area contributed by atoms with Gasteiger partial charge in [-0.2, -0.15) is 4.98 Å². The second-order valence-electron chi connectivity index (χ2n) is 4.19. The predicted octanol–water partition coefficient (Wildman–Crippen LogP) is 1.03. The van der Waals surface area contributed by atoms with Crippen LogP contribution in [0.5, 0.6) is 0 Å². The fourth-order valence-corrected chi connectivity index (χ4v) is 2.34. The maximum absolute atomic E-state index is 5.28. The first-order chi connectivity index (χ1) is 8.20. The molecule has 0 saturated carbocycles. The largest absolute Gasteiger partial charge is 0.367 e. The zero-order valence-corrected chi connectivity index (χ0v) is 11.4. The van der Waals surface area contributed by atoms with Gasteiger partial charge < -0.3 is 10.2 Å². The molecule has 7 heteroatoms. The lowest BCUT2D eigenvalue weighted by molar-refractivity contribution is 0.322. The van der Waals surface area contributed by atoms with E-state index < -0.39 is 0 Å². The van der Waals surface area contributed by atoms with Gasteiger partial charge in [0, 0.05) is 18.8 Å². The second-order valence-corrected chi connectivity index (χ2v) is 5.05. The first-order valence-corrected chi connectivity index (χ1v) is 6.43. The van der Waals surface area contributed by atoms with Gasteiger partial charge in [-0.3, -0.25) is 5.43 Å². The zero-order chi connectivity index (χ0) is 12.3. The summed E-state index contributed by atoms with van der Waals surface area (Å²) in [7, 11) is 2.15. The Morgan fingerprint density at radius 1 is 1.65 bits per heavy atom. The molecule has 1 aliphatic heterocycles. The minimum absolute atomic E-state index is 0.412. The Morgan fingerprint density at radius 3 is 3.12 bits per heavy atom. The highest BCUT2D eigenvalue weighted by atomic mass is 79.9. The van der Waals surface area contributed by atoms with E-state index in [-0.39, 0.29) is 0 Å². The van der Waals surface area contributed by atoms with Crippen LogP contribution in [0, 0.1) is 0 Å². The molecule has 1 unspecified atom stereocenters. The molecule has 17 heavy (non-hydrogen) atoms. The molecular weight excluding hydrogens is 284 g/mol. The minimum atomic E-state index is 0.412. The molecule has 1 aromatic rings. The summed E-state index contributed by atoms with van der Waals surface area (Å²) >= 11 is 3.41. The average molecular weight is 301 g/mol. The number of nitrogens with two attached hydrogens (primary N) is 1. The SMILES string of the molecule is CN1CCCC1CNc1nc(NN)ncc1Br. The lowest BCUT2D eigenvalue weighted by Crippen LogP contribution is -2.31. The maximum Gasteiger partial charge on any atom is 0.239 e. The number of hydrogen-bond donors (Lipinski definition) is 3. The van der Waals surface area contributed by atoms with E-state index in [1.807, 2.05) is 0 Å². The number of rotatable bonds is 4. The number of aromatic nitrogens is 2. The number of nitrogens with one attached hydrogen (secondary N) is 2. The third-order valence-corrected chi connectivity index (χ3v) is 3.63. The summed E-state index contributed by atoms with van der Waals surface area (Å²) in [5.74, 6) is 6.47. The summed E-state index contributed by atoms with van der Waals surface area (Å²) in [5.41, 5.74) is 2.44. The van der Waals surface area contributed by atoms with Crippen molar-refractivity contribution in [3.8, 4) is 0 Å². The number of nitrogens with zero attached hydrogens (tertiary/aromatic N) is 3. The summed E-state index contributed by atoms with van der Waals surface area (Å²) in [4.78, 5) is 10.6. The number of nitrogen functional groups attached to an aromatic ring is 1. The van der Waals surface area contributed by atoms with Crippen LogP contribution in [0.4, 0.5) is 11.8 Å². The van der Waals surface area contributed by atoms with Gasteiger partial charge in [-0.25, -0.2) is 10.8 Å². The van der Waals surface area contributed by atoms with Crippen LogP contribution in [-0.2, 0) is 0 Å². The van der Waals surface area contributed by atoms with E-state index in [4.69, 9.17) is 5.84 Å². The van der Waals surface area contributed by atoms with Gasteiger partial charge in [0.15, 0.2) is 0 Å². The number of likely N-dealkylation sites (N-methyl/N-ethyl adjacent to an activating group) is 1. The van der Waals surface area contributed by atoms with E-state index in [9.17, 15) is 0 Å². The monoisotopic (exact) mass is 300 g/mol. The van der Waals surface area contributed by atoms with Crippen molar-refractivity contribution in [2.45, 2.75) is 18.9 Å². The van der Waals surface area contributed by atoms with E-state index >= 15 is 0 Å². The van der Waals surface area contributed by atoms with Gasteiger partial charge in [0.25, 0.3) is 0 Å². The van der Waals surface area contributed by atoms with E-state index in [1.165, 1.54) is 19.4 Å². The van der Waals surface area contributed by atoms with E-state index in [0.717, 1.165) is 16.8 Å². The number of halogens is 1. The molecule has 0 aromatic carbocycles. The topological polar surface area (TPSA) is 79.1 Å². The number of hydrazine groups is 1. The zero-order valence-electron chi connectivity index (χ0n) is 9.78. The highest BCUT2D eigenvalue weighted by Crippen LogP contribution is 2.21. The average Bonchev–Trinajstić information content (AvgIpc) is 2.74. The van der Waals surface area contributed by atoms with Gasteiger partial charge >= 0.3 is 0 Å². The summed E-state index contributed by atoms with van der Waals surface area (Å²) in [6.45, 7) is 2.06.